The number of hydrogen-bond acceptors (Lipinski definition) is 11. The van der Waals surface area contributed by atoms with Crippen molar-refractivity contribution in [1.82, 2.24) is 25.1 Å². The first-order chi connectivity index (χ1) is 27.1. The number of rotatable bonds is 8. The first-order valence-corrected chi connectivity index (χ1v) is 19.2. The second kappa shape index (κ2) is 14.0. The monoisotopic (exact) mass is 763 g/mol. The van der Waals surface area contributed by atoms with E-state index < -0.39 is 35.5 Å². The molecule has 290 valence electrons. The summed E-state index contributed by atoms with van der Waals surface area (Å²) in [7, 11) is 3.07. The Labute approximate surface area is 321 Å². The molecule has 9 rings (SSSR count). The Balaban J connectivity index is 0.823. The molecule has 6 heterocycles. The van der Waals surface area contributed by atoms with Gasteiger partial charge < -0.3 is 24.3 Å². The van der Waals surface area contributed by atoms with Gasteiger partial charge in [0, 0.05) is 74.6 Å². The number of benzene rings is 3. The number of imide groups is 2. The molecule has 2 N–H and O–H groups in total. The zero-order valence-corrected chi connectivity index (χ0v) is 31.2. The molecule has 4 amide bonds. The molecular formula is C41H42FN7O7. The molecule has 5 aliphatic heterocycles. The number of H-pyrrole nitrogens is 1. The fourth-order valence-corrected chi connectivity index (χ4v) is 9.33. The van der Waals surface area contributed by atoms with Crippen LogP contribution >= 0.6 is 0 Å². The van der Waals surface area contributed by atoms with Crippen LogP contribution in [0.3, 0.4) is 0 Å². The van der Waals surface area contributed by atoms with E-state index in [1.165, 1.54) is 13.2 Å². The van der Waals surface area contributed by atoms with Gasteiger partial charge >= 0.3 is 0 Å². The standard InChI is InChI=1S/C41H42FN7O7/c1-55-27-15-31-36(34(16-27)56-2)39(52)45-37(43-31)23-3-5-24(6-4-23)46-13-11-22(12-14-46)19-48-25-7-8-26(48)21-47(20-25)33-18-29-28(17-30(33)42)40(53)49(41(29)54)32-9-10-35(50)44-38(32)51/h3-6,15-18,22,25-26,32H,7-14,19-21H2,1-2H3,(H,43,45,52)(H,44,50,51). The number of piperazine rings is 1. The predicted octanol–water partition coefficient (Wildman–Crippen LogP) is 3.72. The Bertz CT molecular complexity index is 2330. The summed E-state index contributed by atoms with van der Waals surface area (Å²) in [6.45, 7) is 4.07. The van der Waals surface area contributed by atoms with Gasteiger partial charge in [0.2, 0.25) is 11.8 Å². The van der Waals surface area contributed by atoms with Crippen molar-refractivity contribution in [2.75, 3.05) is 56.7 Å². The van der Waals surface area contributed by atoms with Crippen LogP contribution in [-0.2, 0) is 9.59 Å². The van der Waals surface area contributed by atoms with Crippen LogP contribution in [0.4, 0.5) is 15.8 Å². The lowest BCUT2D eigenvalue weighted by Crippen LogP contribution is -2.55. The Morgan fingerprint density at radius 1 is 0.821 bits per heavy atom. The van der Waals surface area contributed by atoms with E-state index in [1.807, 2.05) is 17.0 Å². The summed E-state index contributed by atoms with van der Waals surface area (Å²) in [6.07, 6.45) is 4.18. The van der Waals surface area contributed by atoms with Crippen molar-refractivity contribution in [3.63, 3.8) is 0 Å². The summed E-state index contributed by atoms with van der Waals surface area (Å²) in [5.74, 6) is -1.09. The summed E-state index contributed by atoms with van der Waals surface area (Å²) in [5, 5.41) is 2.57. The highest BCUT2D eigenvalue weighted by atomic mass is 19.1. The normalized spacial score (nSPS) is 22.9. The van der Waals surface area contributed by atoms with Crippen molar-refractivity contribution in [2.45, 2.75) is 56.7 Å². The van der Waals surface area contributed by atoms with Crippen LogP contribution in [0.2, 0.25) is 0 Å². The topological polar surface area (TPSA) is 157 Å². The smallest absolute Gasteiger partial charge is 0.262 e. The summed E-state index contributed by atoms with van der Waals surface area (Å²) in [6, 6.07) is 13.5. The largest absolute Gasteiger partial charge is 0.497 e. The minimum absolute atomic E-state index is 0.0216. The first-order valence-electron chi connectivity index (χ1n) is 19.2. The van der Waals surface area contributed by atoms with Gasteiger partial charge in [0.05, 0.1) is 36.6 Å². The Kier molecular flexibility index (Phi) is 8.98. The van der Waals surface area contributed by atoms with Gasteiger partial charge in [0.25, 0.3) is 17.4 Å². The van der Waals surface area contributed by atoms with Crippen LogP contribution in [0.25, 0.3) is 22.3 Å². The maximum Gasteiger partial charge on any atom is 0.262 e. The fourth-order valence-electron chi connectivity index (χ4n) is 9.33. The van der Waals surface area contributed by atoms with Crippen LogP contribution in [-0.4, -0.2) is 108 Å². The molecule has 15 heteroatoms. The van der Waals surface area contributed by atoms with Gasteiger partial charge in [0.15, 0.2) is 0 Å². The number of hydrogen-bond donors (Lipinski definition) is 2. The molecular weight excluding hydrogens is 721 g/mol. The number of halogens is 1. The van der Waals surface area contributed by atoms with Crippen LogP contribution in [0, 0.1) is 11.7 Å². The molecule has 56 heavy (non-hydrogen) atoms. The number of methoxy groups -OCH3 is 2. The molecule has 3 atom stereocenters. The third-order valence-corrected chi connectivity index (χ3v) is 12.3. The fraction of sp³-hybridized carbons (Fsp3) is 0.415. The van der Waals surface area contributed by atoms with Crippen molar-refractivity contribution in [2.24, 2.45) is 5.92 Å². The van der Waals surface area contributed by atoms with Gasteiger partial charge in [-0.15, -0.1) is 0 Å². The van der Waals surface area contributed by atoms with Gasteiger partial charge in [-0.25, -0.2) is 9.37 Å². The quantitative estimate of drug-likeness (QED) is 0.252. The molecule has 1 aromatic heterocycles. The minimum Gasteiger partial charge on any atom is -0.497 e. The predicted molar refractivity (Wildman–Crippen MR) is 205 cm³/mol. The van der Waals surface area contributed by atoms with Crippen LogP contribution in [0.15, 0.2) is 53.3 Å². The number of anilines is 2. The molecule has 5 aliphatic rings. The molecule has 4 fully saturated rings. The highest BCUT2D eigenvalue weighted by molar-refractivity contribution is 6.23. The van der Waals surface area contributed by atoms with E-state index in [2.05, 4.69) is 32.2 Å². The lowest BCUT2D eigenvalue weighted by Gasteiger charge is -2.44. The average Bonchev–Trinajstić information content (AvgIpc) is 3.56. The van der Waals surface area contributed by atoms with Crippen molar-refractivity contribution in [3.05, 3.63) is 75.8 Å². The summed E-state index contributed by atoms with van der Waals surface area (Å²) in [4.78, 5) is 79.3. The Morgan fingerprint density at radius 2 is 1.52 bits per heavy atom. The van der Waals surface area contributed by atoms with E-state index in [4.69, 9.17) is 14.5 Å². The number of aromatic amines is 1. The van der Waals surface area contributed by atoms with Crippen molar-refractivity contribution < 1.29 is 33.0 Å². The third kappa shape index (κ3) is 6.14. The van der Waals surface area contributed by atoms with Gasteiger partial charge in [-0.3, -0.25) is 39.1 Å². The van der Waals surface area contributed by atoms with Gasteiger partial charge in [0.1, 0.15) is 34.6 Å². The SMILES string of the molecule is COc1cc(OC)c2c(=O)[nH]c(-c3ccc(N4CCC(CN5C6CCC5CN(c5cc7c(cc5F)C(=O)N(C5CCC(=O)NC5=O)C7=O)C6)CC4)cc3)nc2c1. The molecule has 14 nitrogen and oxygen atoms in total. The second-order valence-corrected chi connectivity index (χ2v) is 15.4. The van der Waals surface area contributed by atoms with Crippen molar-refractivity contribution in [3.8, 4) is 22.9 Å². The molecule has 4 aromatic rings. The molecule has 0 radical (unpaired) electrons. The van der Waals surface area contributed by atoms with Crippen molar-refractivity contribution >= 4 is 45.9 Å². The molecule has 0 aliphatic carbocycles. The van der Waals surface area contributed by atoms with E-state index in [0.29, 0.717) is 52.9 Å². The number of piperidine rings is 2. The number of amides is 4. The number of nitrogens with zero attached hydrogens (tertiary/aromatic N) is 5. The molecule has 0 spiro atoms. The van der Waals surface area contributed by atoms with Crippen LogP contribution in [0.5, 0.6) is 11.5 Å². The van der Waals surface area contributed by atoms with E-state index in [-0.39, 0.29) is 41.6 Å². The molecule has 0 saturated carbocycles. The van der Waals surface area contributed by atoms with E-state index in [0.717, 1.165) is 67.5 Å². The zero-order chi connectivity index (χ0) is 38.8. The maximum absolute atomic E-state index is 15.7. The lowest BCUT2D eigenvalue weighted by atomic mass is 9.94. The van der Waals surface area contributed by atoms with Crippen LogP contribution in [0.1, 0.15) is 59.2 Å². The summed E-state index contributed by atoms with van der Waals surface area (Å²) >= 11 is 0. The first kappa shape index (κ1) is 35.8. The maximum atomic E-state index is 15.7. The van der Waals surface area contributed by atoms with Crippen molar-refractivity contribution in [1.29, 1.82) is 0 Å². The number of carbonyl (C=O) groups excluding carboxylic acids is 4. The molecule has 3 unspecified atom stereocenters. The molecule has 2 bridgehead atoms. The van der Waals surface area contributed by atoms with E-state index >= 15 is 4.39 Å². The van der Waals surface area contributed by atoms with Gasteiger partial charge in [-0.1, -0.05) is 0 Å². The highest BCUT2D eigenvalue weighted by Crippen LogP contribution is 2.38. The third-order valence-electron chi connectivity index (χ3n) is 12.3. The number of aromatic nitrogens is 2. The second-order valence-electron chi connectivity index (χ2n) is 15.4. The number of ether oxygens (including phenoxy) is 2. The van der Waals surface area contributed by atoms with Gasteiger partial charge in [-0.05, 0) is 74.4 Å². The Morgan fingerprint density at radius 3 is 2.18 bits per heavy atom. The zero-order valence-electron chi connectivity index (χ0n) is 31.2. The Hall–Kier alpha value is -5.83. The molecule has 3 aromatic carbocycles. The van der Waals surface area contributed by atoms with Gasteiger partial charge in [-0.2, -0.15) is 0 Å². The number of carbonyl (C=O) groups is 4. The summed E-state index contributed by atoms with van der Waals surface area (Å²) in [5.41, 5.74) is 2.47. The number of nitrogens with one attached hydrogen (secondary N) is 2. The highest BCUT2D eigenvalue weighted by Gasteiger charge is 2.46. The minimum atomic E-state index is -1.10. The van der Waals surface area contributed by atoms with Crippen LogP contribution < -0.4 is 30.1 Å². The summed E-state index contributed by atoms with van der Waals surface area (Å²) < 4.78 is 26.5. The number of fused-ring (bicyclic) bond motifs is 4. The lowest BCUT2D eigenvalue weighted by molar-refractivity contribution is -0.136. The molecule has 4 saturated heterocycles. The average molecular weight is 764 g/mol. The van der Waals surface area contributed by atoms with E-state index in [9.17, 15) is 24.0 Å². The van der Waals surface area contributed by atoms with E-state index in [1.54, 1.807) is 19.2 Å².